The van der Waals surface area contributed by atoms with Crippen LogP contribution in [0.25, 0.3) is 11.1 Å². The Morgan fingerprint density at radius 1 is 0.806 bits per heavy atom. The highest BCUT2D eigenvalue weighted by Crippen LogP contribution is 2.57. The van der Waals surface area contributed by atoms with Crippen LogP contribution in [0.15, 0.2) is 12.1 Å². The van der Waals surface area contributed by atoms with Gasteiger partial charge in [0.05, 0.1) is 41.0 Å². The second kappa shape index (κ2) is 7.44. The summed E-state index contributed by atoms with van der Waals surface area (Å²) in [5, 5.41) is 0. The van der Waals surface area contributed by atoms with Crippen LogP contribution >= 0.6 is 0 Å². The normalized spacial score (nSPS) is 20.6. The van der Waals surface area contributed by atoms with Gasteiger partial charge in [-0.05, 0) is 36.1 Å². The summed E-state index contributed by atoms with van der Waals surface area (Å²) >= 11 is 0. The molecular formula is C23H24O8. The van der Waals surface area contributed by atoms with E-state index in [9.17, 15) is 4.79 Å². The number of rotatable bonds is 4. The summed E-state index contributed by atoms with van der Waals surface area (Å²) in [5.74, 6) is 2.88. The number of hydrogen-bond donors (Lipinski definition) is 0. The Labute approximate surface area is 179 Å². The van der Waals surface area contributed by atoms with E-state index in [0.29, 0.717) is 53.9 Å². The highest BCUT2D eigenvalue weighted by molar-refractivity contribution is 5.89. The van der Waals surface area contributed by atoms with Crippen molar-refractivity contribution in [1.82, 2.24) is 0 Å². The van der Waals surface area contributed by atoms with Crippen LogP contribution in [-0.4, -0.2) is 47.8 Å². The van der Waals surface area contributed by atoms with E-state index in [4.69, 9.17) is 33.2 Å². The van der Waals surface area contributed by atoms with Gasteiger partial charge in [-0.15, -0.1) is 0 Å². The Morgan fingerprint density at radius 3 is 2.23 bits per heavy atom. The van der Waals surface area contributed by atoms with Crippen LogP contribution in [0.3, 0.4) is 0 Å². The largest absolute Gasteiger partial charge is 0.493 e. The molecule has 3 aliphatic rings. The Balaban J connectivity index is 1.87. The summed E-state index contributed by atoms with van der Waals surface area (Å²) in [5.41, 5.74) is 3.50. The van der Waals surface area contributed by atoms with Gasteiger partial charge >= 0.3 is 5.97 Å². The van der Waals surface area contributed by atoms with Crippen LogP contribution in [0.2, 0.25) is 0 Å². The van der Waals surface area contributed by atoms with E-state index in [1.807, 2.05) is 12.1 Å². The highest BCUT2D eigenvalue weighted by Gasteiger charge is 2.42. The maximum absolute atomic E-state index is 12.6. The number of hydrogen-bond acceptors (Lipinski definition) is 8. The van der Waals surface area contributed by atoms with Crippen molar-refractivity contribution in [2.45, 2.75) is 12.8 Å². The fraction of sp³-hybridized carbons (Fsp3) is 0.435. The van der Waals surface area contributed by atoms with Gasteiger partial charge in [0.2, 0.25) is 18.3 Å². The summed E-state index contributed by atoms with van der Waals surface area (Å²) in [6, 6.07) is 3.86. The zero-order valence-electron chi connectivity index (χ0n) is 17.9. The van der Waals surface area contributed by atoms with Crippen LogP contribution in [0.5, 0.6) is 34.5 Å². The molecule has 2 atom stereocenters. The van der Waals surface area contributed by atoms with Crippen LogP contribution in [0, 0.1) is 11.8 Å². The first-order chi connectivity index (χ1) is 15.1. The molecule has 31 heavy (non-hydrogen) atoms. The lowest BCUT2D eigenvalue weighted by Gasteiger charge is -2.28. The molecule has 0 bridgehead atoms. The van der Waals surface area contributed by atoms with E-state index in [-0.39, 0.29) is 24.6 Å². The number of carbonyl (C=O) groups excluding carboxylic acids is 1. The lowest BCUT2D eigenvalue weighted by atomic mass is 9.77. The Hall–Kier alpha value is -3.29. The summed E-state index contributed by atoms with van der Waals surface area (Å²) in [4.78, 5) is 12.6. The molecule has 0 radical (unpaired) electrons. The standard InChI is InChI=1S/C23H24O8/c1-25-15-7-11-5-13-9-29-23(24)14(13)6-12-8-16-20(31-10-30-16)22(28-4)18(12)17(11)21(27-3)19(15)26-2/h7-8,13-14H,5-6,9-10H2,1-4H3/t13-,14-/m0/s1. The van der Waals surface area contributed by atoms with Gasteiger partial charge in [-0.25, -0.2) is 0 Å². The Morgan fingerprint density at radius 2 is 1.52 bits per heavy atom. The predicted molar refractivity (Wildman–Crippen MR) is 110 cm³/mol. The van der Waals surface area contributed by atoms with Gasteiger partial charge in [0, 0.05) is 17.0 Å². The van der Waals surface area contributed by atoms with Gasteiger partial charge in [-0.2, -0.15) is 0 Å². The van der Waals surface area contributed by atoms with Gasteiger partial charge in [0.1, 0.15) is 0 Å². The lowest BCUT2D eigenvalue weighted by molar-refractivity contribution is -0.141. The third kappa shape index (κ3) is 2.85. The number of esters is 1. The number of fused-ring (bicyclic) bond motifs is 5. The number of ether oxygens (including phenoxy) is 7. The van der Waals surface area contributed by atoms with E-state index in [2.05, 4.69) is 0 Å². The van der Waals surface area contributed by atoms with Crippen molar-refractivity contribution in [2.24, 2.45) is 11.8 Å². The van der Waals surface area contributed by atoms with Gasteiger partial charge < -0.3 is 33.2 Å². The molecule has 0 amide bonds. The molecule has 8 nitrogen and oxygen atoms in total. The number of cyclic esters (lactones) is 1. The molecule has 0 N–H and O–H groups in total. The highest BCUT2D eigenvalue weighted by atomic mass is 16.7. The molecule has 8 heteroatoms. The Bertz CT molecular complexity index is 1060. The Kier molecular flexibility index (Phi) is 4.72. The van der Waals surface area contributed by atoms with Crippen molar-refractivity contribution in [1.29, 1.82) is 0 Å². The number of methoxy groups -OCH3 is 4. The van der Waals surface area contributed by atoms with E-state index in [1.54, 1.807) is 28.4 Å². The lowest BCUT2D eigenvalue weighted by Crippen LogP contribution is -2.23. The topological polar surface area (TPSA) is 81.7 Å². The molecule has 2 aromatic carbocycles. The zero-order chi connectivity index (χ0) is 21.7. The van der Waals surface area contributed by atoms with Crippen molar-refractivity contribution in [3.63, 3.8) is 0 Å². The quantitative estimate of drug-likeness (QED) is 0.688. The summed E-state index contributed by atoms with van der Waals surface area (Å²) in [7, 11) is 6.35. The molecule has 1 saturated heterocycles. The number of carbonyl (C=O) groups is 1. The van der Waals surface area contributed by atoms with Gasteiger partial charge in [0.15, 0.2) is 23.0 Å². The third-order valence-corrected chi connectivity index (χ3v) is 6.30. The molecule has 0 saturated carbocycles. The minimum absolute atomic E-state index is 0.0404. The molecule has 1 fully saturated rings. The predicted octanol–water partition coefficient (Wildman–Crippen LogP) is 3.00. The SMILES string of the molecule is COc1cc2c(c(OC)c1OC)-c1c(cc3c(c1OC)OCO3)C[C@@H]1C(=O)OC[C@@H]1C2. The fourth-order valence-corrected chi connectivity index (χ4v) is 4.91. The first-order valence-electron chi connectivity index (χ1n) is 10.1. The fourth-order valence-electron chi connectivity index (χ4n) is 4.91. The minimum atomic E-state index is -0.254. The van der Waals surface area contributed by atoms with Crippen molar-refractivity contribution in [3.05, 3.63) is 23.3 Å². The van der Waals surface area contributed by atoms with E-state index >= 15 is 0 Å². The van der Waals surface area contributed by atoms with Crippen LogP contribution in [0.1, 0.15) is 11.1 Å². The van der Waals surface area contributed by atoms with Gasteiger partial charge in [-0.3, -0.25) is 4.79 Å². The number of benzene rings is 2. The van der Waals surface area contributed by atoms with Crippen molar-refractivity contribution >= 4 is 5.97 Å². The van der Waals surface area contributed by atoms with E-state index in [1.165, 1.54) is 0 Å². The molecule has 5 rings (SSSR count). The molecule has 2 aliphatic heterocycles. The molecule has 0 aromatic heterocycles. The molecule has 164 valence electrons. The van der Waals surface area contributed by atoms with Crippen molar-refractivity contribution < 1.29 is 38.0 Å². The molecular weight excluding hydrogens is 404 g/mol. The monoisotopic (exact) mass is 428 g/mol. The molecule has 1 aliphatic carbocycles. The molecule has 2 aromatic rings. The molecule has 2 heterocycles. The van der Waals surface area contributed by atoms with Crippen LogP contribution < -0.4 is 28.4 Å². The maximum atomic E-state index is 12.6. The van der Waals surface area contributed by atoms with Gasteiger partial charge in [0.25, 0.3) is 0 Å². The minimum Gasteiger partial charge on any atom is -0.493 e. The summed E-state index contributed by atoms with van der Waals surface area (Å²) in [6.07, 6.45) is 1.13. The smallest absolute Gasteiger partial charge is 0.309 e. The summed E-state index contributed by atoms with van der Waals surface area (Å²) < 4.78 is 39.7. The molecule has 0 spiro atoms. The average molecular weight is 428 g/mol. The van der Waals surface area contributed by atoms with E-state index in [0.717, 1.165) is 22.3 Å². The molecule has 0 unspecified atom stereocenters. The zero-order valence-corrected chi connectivity index (χ0v) is 17.9. The van der Waals surface area contributed by atoms with Crippen molar-refractivity contribution in [2.75, 3.05) is 41.8 Å². The first kappa shape index (κ1) is 19.7. The summed E-state index contributed by atoms with van der Waals surface area (Å²) in [6.45, 7) is 0.495. The second-order valence-electron chi connectivity index (χ2n) is 7.76. The van der Waals surface area contributed by atoms with Crippen molar-refractivity contribution in [3.8, 4) is 45.6 Å². The van der Waals surface area contributed by atoms with Crippen LogP contribution in [-0.2, 0) is 22.4 Å². The third-order valence-electron chi connectivity index (χ3n) is 6.30. The first-order valence-corrected chi connectivity index (χ1v) is 10.1. The van der Waals surface area contributed by atoms with Crippen LogP contribution in [0.4, 0.5) is 0 Å². The van der Waals surface area contributed by atoms with Gasteiger partial charge in [-0.1, -0.05) is 0 Å². The van der Waals surface area contributed by atoms with E-state index < -0.39 is 0 Å². The average Bonchev–Trinajstić information content (AvgIpc) is 3.37. The second-order valence-corrected chi connectivity index (χ2v) is 7.76. The maximum Gasteiger partial charge on any atom is 0.309 e.